The maximum atomic E-state index is 11.5. The number of hydrogen-bond donors (Lipinski definition) is 3. The lowest BCUT2D eigenvalue weighted by Gasteiger charge is -2.28. The Hall–Kier alpha value is -3.13. The van der Waals surface area contributed by atoms with Crippen molar-refractivity contribution in [2.45, 2.75) is 0 Å². The fraction of sp³-hybridized carbons (Fsp3) is 0.280. The van der Waals surface area contributed by atoms with Gasteiger partial charge >= 0.3 is 0 Å². The minimum absolute atomic E-state index is 0.182. The van der Waals surface area contributed by atoms with E-state index in [1.807, 2.05) is 49.5 Å². The molecule has 3 aromatic rings. The highest BCUT2D eigenvalue weighted by Crippen LogP contribution is 2.40. The molecule has 172 valence electrons. The van der Waals surface area contributed by atoms with Crippen LogP contribution in [0, 0.1) is 0 Å². The molecule has 0 atom stereocenters. The number of halogens is 1. The van der Waals surface area contributed by atoms with Gasteiger partial charge in [0.25, 0.3) is 0 Å². The molecule has 7 nitrogen and oxygen atoms in total. The summed E-state index contributed by atoms with van der Waals surface area (Å²) in [6.07, 6.45) is 2.55. The Kier molecular flexibility index (Phi) is 7.44. The van der Waals surface area contributed by atoms with Gasteiger partial charge in [0, 0.05) is 56.6 Å². The second kappa shape index (κ2) is 10.7. The van der Waals surface area contributed by atoms with Gasteiger partial charge in [0.05, 0.1) is 10.7 Å². The van der Waals surface area contributed by atoms with Crippen LogP contribution in [-0.2, 0) is 4.79 Å². The van der Waals surface area contributed by atoms with E-state index in [0.717, 1.165) is 55.1 Å². The van der Waals surface area contributed by atoms with Gasteiger partial charge in [0.2, 0.25) is 6.41 Å². The zero-order valence-electron chi connectivity index (χ0n) is 18.6. The monoisotopic (exact) mass is 465 g/mol. The number of carbonyl (C=O) groups excluding carboxylic acids is 1. The Morgan fingerprint density at radius 2 is 1.88 bits per heavy atom. The Balaban J connectivity index is 1.65. The summed E-state index contributed by atoms with van der Waals surface area (Å²) in [6.45, 7) is 4.83. The normalized spacial score (nSPS) is 13.7. The molecule has 0 radical (unpaired) electrons. The van der Waals surface area contributed by atoms with E-state index in [1.54, 1.807) is 17.2 Å². The van der Waals surface area contributed by atoms with Gasteiger partial charge in [-0.15, -0.1) is 0 Å². The molecule has 3 N–H and O–H groups in total. The molecular weight excluding hydrogens is 438 g/mol. The first-order valence-electron chi connectivity index (χ1n) is 11.0. The summed E-state index contributed by atoms with van der Waals surface area (Å²) in [6, 6.07) is 15.1. The van der Waals surface area contributed by atoms with E-state index in [-0.39, 0.29) is 5.75 Å². The van der Waals surface area contributed by atoms with E-state index in [1.165, 1.54) is 0 Å². The molecule has 33 heavy (non-hydrogen) atoms. The number of anilines is 2. The number of rotatable bonds is 8. The number of aromatic nitrogens is 1. The lowest BCUT2D eigenvalue weighted by Crippen LogP contribution is -2.43. The average molecular weight is 466 g/mol. The standard InChI is InChI=1S/C25H28ClN5O2/c1-27-9-12-31(17-32)23-6-5-18(15-22(23)26)20-3-2-4-21(25(20)33)19-7-8-29-24(16-19)30-13-10-28-11-14-30/h2-8,15-17,27-28,33H,9-14H2,1H3. The number of aromatic hydroxyl groups is 1. The van der Waals surface area contributed by atoms with Crippen LogP contribution in [0.25, 0.3) is 22.3 Å². The molecule has 1 saturated heterocycles. The maximum absolute atomic E-state index is 11.5. The summed E-state index contributed by atoms with van der Waals surface area (Å²) in [5, 5.41) is 18.0. The van der Waals surface area contributed by atoms with E-state index in [9.17, 15) is 9.90 Å². The van der Waals surface area contributed by atoms with Crippen molar-refractivity contribution >= 4 is 29.5 Å². The zero-order chi connectivity index (χ0) is 23.2. The molecule has 1 fully saturated rings. The molecule has 0 aliphatic carbocycles. The van der Waals surface area contributed by atoms with Crippen LogP contribution in [0.2, 0.25) is 5.02 Å². The van der Waals surface area contributed by atoms with E-state index >= 15 is 0 Å². The van der Waals surface area contributed by atoms with E-state index < -0.39 is 0 Å². The molecule has 0 unspecified atom stereocenters. The number of piperazine rings is 1. The van der Waals surface area contributed by atoms with Crippen molar-refractivity contribution in [3.8, 4) is 28.0 Å². The van der Waals surface area contributed by atoms with Gasteiger partial charge in [0.15, 0.2) is 0 Å². The number of pyridine rings is 1. The van der Waals surface area contributed by atoms with Crippen molar-refractivity contribution in [1.29, 1.82) is 0 Å². The number of amides is 1. The third-order valence-corrected chi connectivity index (χ3v) is 6.13. The van der Waals surface area contributed by atoms with Gasteiger partial charge in [-0.1, -0.05) is 35.9 Å². The highest BCUT2D eigenvalue weighted by molar-refractivity contribution is 6.34. The Labute approximate surface area is 199 Å². The molecule has 1 amide bonds. The van der Waals surface area contributed by atoms with Crippen LogP contribution in [-0.4, -0.2) is 62.8 Å². The van der Waals surface area contributed by atoms with Gasteiger partial charge in [-0.25, -0.2) is 4.98 Å². The number of hydrogen-bond acceptors (Lipinski definition) is 6. The molecule has 1 aliphatic heterocycles. The zero-order valence-corrected chi connectivity index (χ0v) is 19.3. The van der Waals surface area contributed by atoms with Crippen LogP contribution < -0.4 is 20.4 Å². The maximum Gasteiger partial charge on any atom is 0.214 e. The summed E-state index contributed by atoms with van der Waals surface area (Å²) in [7, 11) is 1.83. The van der Waals surface area contributed by atoms with Crippen LogP contribution in [0.3, 0.4) is 0 Å². The van der Waals surface area contributed by atoms with Crippen molar-refractivity contribution in [2.75, 3.05) is 56.1 Å². The number of nitrogens with zero attached hydrogens (tertiary/aromatic N) is 3. The van der Waals surface area contributed by atoms with Crippen LogP contribution in [0.15, 0.2) is 54.7 Å². The average Bonchev–Trinajstić information content (AvgIpc) is 2.86. The van der Waals surface area contributed by atoms with Crippen molar-refractivity contribution in [3.05, 3.63) is 59.8 Å². The van der Waals surface area contributed by atoms with Crippen molar-refractivity contribution < 1.29 is 9.90 Å². The lowest BCUT2D eigenvalue weighted by molar-refractivity contribution is -0.107. The van der Waals surface area contributed by atoms with Crippen LogP contribution >= 0.6 is 11.6 Å². The highest BCUT2D eigenvalue weighted by atomic mass is 35.5. The molecule has 2 aromatic carbocycles. The molecule has 4 rings (SSSR count). The lowest BCUT2D eigenvalue weighted by atomic mass is 9.97. The number of phenols is 1. The van der Waals surface area contributed by atoms with E-state index in [2.05, 4.69) is 20.5 Å². The van der Waals surface area contributed by atoms with E-state index in [4.69, 9.17) is 11.6 Å². The molecule has 2 heterocycles. The van der Waals surface area contributed by atoms with Gasteiger partial charge in [0.1, 0.15) is 11.6 Å². The summed E-state index contributed by atoms with van der Waals surface area (Å²) in [5.41, 5.74) is 3.72. The molecule has 1 aliphatic rings. The number of benzene rings is 2. The molecule has 0 saturated carbocycles. The Morgan fingerprint density at radius 1 is 1.15 bits per heavy atom. The summed E-state index contributed by atoms with van der Waals surface area (Å²) >= 11 is 6.53. The number of nitrogens with one attached hydrogen (secondary N) is 2. The molecular formula is C25H28ClN5O2. The molecule has 0 bridgehead atoms. The minimum atomic E-state index is 0.182. The van der Waals surface area contributed by atoms with Gasteiger partial charge < -0.3 is 25.5 Å². The predicted molar refractivity (Wildman–Crippen MR) is 134 cm³/mol. The predicted octanol–water partition coefficient (Wildman–Crippen LogP) is 3.37. The minimum Gasteiger partial charge on any atom is -0.507 e. The van der Waals surface area contributed by atoms with Crippen LogP contribution in [0.4, 0.5) is 11.5 Å². The van der Waals surface area contributed by atoms with Gasteiger partial charge in [-0.3, -0.25) is 4.79 Å². The topological polar surface area (TPSA) is 80.7 Å². The summed E-state index contributed by atoms with van der Waals surface area (Å²) < 4.78 is 0. The first-order chi connectivity index (χ1) is 16.1. The number of likely N-dealkylation sites (N-methyl/N-ethyl adjacent to an activating group) is 1. The number of para-hydroxylation sites is 1. The molecule has 0 spiro atoms. The quantitative estimate of drug-likeness (QED) is 0.443. The first kappa shape index (κ1) is 23.0. The van der Waals surface area contributed by atoms with Gasteiger partial charge in [-0.2, -0.15) is 0 Å². The van der Waals surface area contributed by atoms with Crippen LogP contribution in [0.1, 0.15) is 0 Å². The third kappa shape index (κ3) is 5.11. The fourth-order valence-corrected chi connectivity index (χ4v) is 4.32. The smallest absolute Gasteiger partial charge is 0.214 e. The fourth-order valence-electron chi connectivity index (χ4n) is 4.03. The molecule has 1 aromatic heterocycles. The number of phenolic OH excluding ortho intramolecular Hbond substituents is 1. The Morgan fingerprint density at radius 3 is 2.55 bits per heavy atom. The van der Waals surface area contributed by atoms with Gasteiger partial charge in [-0.05, 0) is 42.4 Å². The molecule has 8 heteroatoms. The SMILES string of the molecule is CNCCN(C=O)c1ccc(-c2cccc(-c3ccnc(N4CCNCC4)c3)c2O)cc1Cl. The summed E-state index contributed by atoms with van der Waals surface area (Å²) in [4.78, 5) is 19.8. The first-order valence-corrected chi connectivity index (χ1v) is 11.4. The largest absolute Gasteiger partial charge is 0.507 e. The highest BCUT2D eigenvalue weighted by Gasteiger charge is 2.16. The third-order valence-electron chi connectivity index (χ3n) is 5.83. The van der Waals surface area contributed by atoms with Crippen molar-refractivity contribution in [1.82, 2.24) is 15.6 Å². The second-order valence-corrected chi connectivity index (χ2v) is 8.32. The summed E-state index contributed by atoms with van der Waals surface area (Å²) in [5.74, 6) is 1.09. The second-order valence-electron chi connectivity index (χ2n) is 7.91. The number of carbonyl (C=O) groups is 1. The van der Waals surface area contributed by atoms with Crippen molar-refractivity contribution in [2.24, 2.45) is 0 Å². The van der Waals surface area contributed by atoms with E-state index in [0.29, 0.717) is 29.4 Å². The van der Waals surface area contributed by atoms with Crippen molar-refractivity contribution in [3.63, 3.8) is 0 Å². The van der Waals surface area contributed by atoms with Crippen LogP contribution in [0.5, 0.6) is 5.75 Å². The Bertz CT molecular complexity index is 1120.